The van der Waals surface area contributed by atoms with Crippen LogP contribution in [0, 0.1) is 0 Å². The molecule has 0 amide bonds. The SMILES string of the molecule is O=S(=O)(O)c1cccc(-c2cccc(-c3nc(-c4ccc(Cl)c(Cl)c4)cc(C(F)(F)F)n3)c2)c1. The highest BCUT2D eigenvalue weighted by molar-refractivity contribution is 7.85. The number of benzene rings is 3. The zero-order chi connectivity index (χ0) is 24.7. The standard InChI is InChI=1S/C23H13Cl2F3N2O3S/c24-18-8-7-15(11-19(18)25)20-12-21(23(26,27)28)30-22(29-20)16-5-1-3-13(9-16)14-4-2-6-17(10-14)34(31,32)33/h1-12H,(H,31,32,33). The van der Waals surface area contributed by atoms with Gasteiger partial charge in [0.1, 0.15) is 5.69 Å². The molecule has 0 aliphatic rings. The Balaban J connectivity index is 1.86. The van der Waals surface area contributed by atoms with Gasteiger partial charge in [-0.05, 0) is 47.5 Å². The molecule has 0 radical (unpaired) electrons. The van der Waals surface area contributed by atoms with Crippen LogP contribution in [0.5, 0.6) is 0 Å². The van der Waals surface area contributed by atoms with Crippen molar-refractivity contribution in [2.24, 2.45) is 0 Å². The van der Waals surface area contributed by atoms with Crippen molar-refractivity contribution < 1.29 is 26.1 Å². The first kappa shape index (κ1) is 24.2. The second kappa shape index (κ2) is 8.99. The molecule has 0 aliphatic heterocycles. The van der Waals surface area contributed by atoms with E-state index in [4.69, 9.17) is 23.2 Å². The normalized spacial score (nSPS) is 12.1. The highest BCUT2D eigenvalue weighted by atomic mass is 35.5. The van der Waals surface area contributed by atoms with Gasteiger partial charge in [0, 0.05) is 11.1 Å². The van der Waals surface area contributed by atoms with Gasteiger partial charge in [0.05, 0.1) is 20.6 Å². The Morgan fingerprint density at radius 3 is 2.03 bits per heavy atom. The molecule has 0 aliphatic carbocycles. The third kappa shape index (κ3) is 5.23. The predicted octanol–water partition coefficient (Wildman–Crippen LogP) is 7.05. The van der Waals surface area contributed by atoms with Crippen molar-refractivity contribution in [2.45, 2.75) is 11.1 Å². The van der Waals surface area contributed by atoms with E-state index in [-0.39, 0.29) is 32.0 Å². The molecule has 0 atom stereocenters. The number of alkyl halides is 3. The zero-order valence-corrected chi connectivity index (χ0v) is 19.2. The molecule has 0 unspecified atom stereocenters. The van der Waals surface area contributed by atoms with Crippen molar-refractivity contribution in [1.29, 1.82) is 0 Å². The number of aromatic nitrogens is 2. The summed E-state index contributed by atoms with van der Waals surface area (Å²) in [5.41, 5.74) is 0.350. The number of halogens is 5. The van der Waals surface area contributed by atoms with Crippen molar-refractivity contribution in [3.63, 3.8) is 0 Å². The summed E-state index contributed by atoms with van der Waals surface area (Å²) in [6.45, 7) is 0. The lowest BCUT2D eigenvalue weighted by Crippen LogP contribution is -2.10. The van der Waals surface area contributed by atoms with Crippen LogP contribution in [0.3, 0.4) is 0 Å². The van der Waals surface area contributed by atoms with E-state index in [0.29, 0.717) is 16.7 Å². The van der Waals surface area contributed by atoms with Gasteiger partial charge in [-0.3, -0.25) is 4.55 Å². The molecule has 1 aromatic heterocycles. The Morgan fingerprint density at radius 1 is 0.735 bits per heavy atom. The third-order valence-corrected chi connectivity index (χ3v) is 6.41. The molecule has 4 rings (SSSR count). The number of hydrogen-bond donors (Lipinski definition) is 1. The summed E-state index contributed by atoms with van der Waals surface area (Å²) in [6, 6.07) is 17.0. The molecule has 0 fully saturated rings. The average molecular weight is 525 g/mol. The van der Waals surface area contributed by atoms with Crippen LogP contribution in [0.25, 0.3) is 33.8 Å². The van der Waals surface area contributed by atoms with Crippen molar-refractivity contribution in [3.05, 3.63) is 88.5 Å². The Labute approximate surface area is 202 Å². The first-order valence-corrected chi connectivity index (χ1v) is 11.7. The van der Waals surface area contributed by atoms with E-state index in [1.807, 2.05) is 0 Å². The Hall–Kier alpha value is -2.98. The topological polar surface area (TPSA) is 80.2 Å². The van der Waals surface area contributed by atoms with Crippen molar-refractivity contribution in [1.82, 2.24) is 9.97 Å². The van der Waals surface area contributed by atoms with E-state index in [1.54, 1.807) is 18.2 Å². The van der Waals surface area contributed by atoms with Crippen molar-refractivity contribution in [2.75, 3.05) is 0 Å². The van der Waals surface area contributed by atoms with E-state index in [0.717, 1.165) is 6.07 Å². The second-order valence-corrected chi connectivity index (χ2v) is 9.41. The quantitative estimate of drug-likeness (QED) is 0.289. The van der Waals surface area contributed by atoms with Crippen LogP contribution < -0.4 is 0 Å². The molecule has 3 aromatic carbocycles. The van der Waals surface area contributed by atoms with Gasteiger partial charge in [-0.2, -0.15) is 21.6 Å². The fraction of sp³-hybridized carbons (Fsp3) is 0.0435. The fourth-order valence-electron chi connectivity index (χ4n) is 3.20. The minimum atomic E-state index is -4.73. The molecule has 1 N–H and O–H groups in total. The zero-order valence-electron chi connectivity index (χ0n) is 16.9. The van der Waals surface area contributed by atoms with Crippen LogP contribution in [0.4, 0.5) is 13.2 Å². The van der Waals surface area contributed by atoms with E-state index in [9.17, 15) is 26.1 Å². The largest absolute Gasteiger partial charge is 0.433 e. The van der Waals surface area contributed by atoms with E-state index in [1.165, 1.54) is 48.5 Å². The molecule has 0 saturated heterocycles. The summed E-state index contributed by atoms with van der Waals surface area (Å²) in [6.07, 6.45) is -4.73. The highest BCUT2D eigenvalue weighted by Gasteiger charge is 2.34. The second-order valence-electron chi connectivity index (χ2n) is 7.17. The smallest absolute Gasteiger partial charge is 0.282 e. The molecule has 34 heavy (non-hydrogen) atoms. The van der Waals surface area contributed by atoms with Gasteiger partial charge in [-0.25, -0.2) is 9.97 Å². The van der Waals surface area contributed by atoms with Crippen LogP contribution in [-0.2, 0) is 16.3 Å². The Kier molecular flexibility index (Phi) is 6.39. The molecule has 0 bridgehead atoms. The summed E-state index contributed by atoms with van der Waals surface area (Å²) < 4.78 is 73.0. The van der Waals surface area contributed by atoms with E-state index in [2.05, 4.69) is 9.97 Å². The first-order chi connectivity index (χ1) is 15.9. The molecule has 0 spiro atoms. The molecule has 1 heterocycles. The predicted molar refractivity (Wildman–Crippen MR) is 123 cm³/mol. The maximum atomic E-state index is 13.6. The summed E-state index contributed by atoms with van der Waals surface area (Å²) in [4.78, 5) is 7.69. The van der Waals surface area contributed by atoms with E-state index >= 15 is 0 Å². The first-order valence-electron chi connectivity index (χ1n) is 9.52. The van der Waals surface area contributed by atoms with E-state index < -0.39 is 22.0 Å². The van der Waals surface area contributed by atoms with Gasteiger partial charge in [-0.1, -0.05) is 59.6 Å². The molecule has 4 aromatic rings. The van der Waals surface area contributed by atoms with Crippen molar-refractivity contribution >= 4 is 33.3 Å². The van der Waals surface area contributed by atoms with Gasteiger partial charge in [0.2, 0.25) is 0 Å². The fourth-order valence-corrected chi connectivity index (χ4v) is 4.02. The maximum absolute atomic E-state index is 13.6. The van der Waals surface area contributed by atoms with Crippen LogP contribution in [0.2, 0.25) is 10.0 Å². The van der Waals surface area contributed by atoms with Crippen LogP contribution in [-0.4, -0.2) is 22.9 Å². The van der Waals surface area contributed by atoms with Gasteiger partial charge >= 0.3 is 6.18 Å². The average Bonchev–Trinajstić information content (AvgIpc) is 2.79. The Morgan fingerprint density at radius 2 is 1.38 bits per heavy atom. The lowest BCUT2D eigenvalue weighted by Gasteiger charge is -2.12. The summed E-state index contributed by atoms with van der Waals surface area (Å²) >= 11 is 11.9. The minimum absolute atomic E-state index is 0.00494. The van der Waals surface area contributed by atoms with Crippen LogP contribution in [0.1, 0.15) is 5.69 Å². The number of nitrogens with zero attached hydrogens (tertiary/aromatic N) is 2. The van der Waals surface area contributed by atoms with Gasteiger partial charge in [0.25, 0.3) is 10.1 Å². The number of rotatable bonds is 4. The molecular weight excluding hydrogens is 512 g/mol. The molecule has 174 valence electrons. The lowest BCUT2D eigenvalue weighted by atomic mass is 10.0. The molecule has 0 saturated carbocycles. The van der Waals surface area contributed by atoms with Crippen LogP contribution >= 0.6 is 23.2 Å². The number of hydrogen-bond acceptors (Lipinski definition) is 4. The Bertz CT molecular complexity index is 1510. The summed E-state index contributed by atoms with van der Waals surface area (Å²) in [5, 5.41) is 0.407. The van der Waals surface area contributed by atoms with Crippen LogP contribution in [0.15, 0.2) is 77.7 Å². The highest BCUT2D eigenvalue weighted by Crippen LogP contribution is 2.35. The monoisotopic (exact) mass is 524 g/mol. The van der Waals surface area contributed by atoms with Crippen molar-refractivity contribution in [3.8, 4) is 33.8 Å². The molecular formula is C23H13Cl2F3N2O3S. The summed E-state index contributed by atoms with van der Waals surface area (Å²) in [7, 11) is -4.43. The maximum Gasteiger partial charge on any atom is 0.433 e. The minimum Gasteiger partial charge on any atom is -0.282 e. The third-order valence-electron chi connectivity index (χ3n) is 4.82. The van der Waals surface area contributed by atoms with Gasteiger partial charge in [0.15, 0.2) is 5.82 Å². The summed E-state index contributed by atoms with van der Waals surface area (Å²) in [5.74, 6) is -0.191. The molecule has 5 nitrogen and oxygen atoms in total. The van der Waals surface area contributed by atoms with Gasteiger partial charge in [-0.15, -0.1) is 0 Å². The van der Waals surface area contributed by atoms with Gasteiger partial charge < -0.3 is 0 Å². The lowest BCUT2D eigenvalue weighted by molar-refractivity contribution is -0.141. The molecule has 11 heteroatoms.